The van der Waals surface area contributed by atoms with Crippen molar-refractivity contribution in [2.75, 3.05) is 0 Å². The van der Waals surface area contributed by atoms with Gasteiger partial charge in [0.15, 0.2) is 0 Å². The minimum atomic E-state index is -1.67. The Morgan fingerprint density at radius 2 is 2.00 bits per heavy atom. The van der Waals surface area contributed by atoms with Crippen LogP contribution in [0.15, 0.2) is 30.5 Å². The van der Waals surface area contributed by atoms with Crippen LogP contribution in [0.5, 0.6) is 5.75 Å². The van der Waals surface area contributed by atoms with Gasteiger partial charge in [-0.25, -0.2) is 0 Å². The molecular formula is C9H8BNO3. The van der Waals surface area contributed by atoms with Crippen molar-refractivity contribution in [3.05, 3.63) is 30.5 Å². The van der Waals surface area contributed by atoms with Crippen LogP contribution in [0.4, 0.5) is 0 Å². The lowest BCUT2D eigenvalue weighted by atomic mass is 9.79. The number of pyridine rings is 1. The summed E-state index contributed by atoms with van der Waals surface area (Å²) in [6.45, 7) is 0. The van der Waals surface area contributed by atoms with Gasteiger partial charge in [0.2, 0.25) is 0 Å². The Bertz CT molecular complexity index is 473. The van der Waals surface area contributed by atoms with E-state index in [0.717, 1.165) is 5.39 Å². The van der Waals surface area contributed by atoms with Crippen molar-refractivity contribution in [1.82, 2.24) is 4.98 Å². The summed E-state index contributed by atoms with van der Waals surface area (Å²) < 4.78 is 0. The summed E-state index contributed by atoms with van der Waals surface area (Å²) in [5, 5.41) is 28.1. The standard InChI is InChI=1S/C9H8BNO3/c12-9-5-8-6(2-1-3-11-8)4-7(9)10(13)14/h1-5,12-14H. The average molecular weight is 189 g/mol. The molecule has 0 fully saturated rings. The summed E-state index contributed by atoms with van der Waals surface area (Å²) in [4.78, 5) is 4.02. The van der Waals surface area contributed by atoms with E-state index in [9.17, 15) is 5.11 Å². The fourth-order valence-electron chi connectivity index (χ4n) is 1.33. The van der Waals surface area contributed by atoms with E-state index in [1.807, 2.05) is 0 Å². The smallest absolute Gasteiger partial charge is 0.492 e. The maximum absolute atomic E-state index is 9.42. The average Bonchev–Trinajstić information content (AvgIpc) is 2.16. The normalized spacial score (nSPS) is 10.4. The van der Waals surface area contributed by atoms with Gasteiger partial charge in [-0.1, -0.05) is 6.07 Å². The molecule has 3 N–H and O–H groups in total. The molecule has 0 radical (unpaired) electrons. The maximum atomic E-state index is 9.42. The number of rotatable bonds is 1. The highest BCUT2D eigenvalue weighted by atomic mass is 16.4. The molecule has 4 nitrogen and oxygen atoms in total. The van der Waals surface area contributed by atoms with Crippen LogP contribution in [0.1, 0.15) is 0 Å². The Morgan fingerprint density at radius 3 is 2.71 bits per heavy atom. The predicted molar refractivity (Wildman–Crippen MR) is 53.2 cm³/mol. The third-order valence-corrected chi connectivity index (χ3v) is 2.03. The van der Waals surface area contributed by atoms with E-state index in [1.54, 1.807) is 18.3 Å². The second kappa shape index (κ2) is 3.28. The first-order chi connectivity index (χ1) is 6.68. The lowest BCUT2D eigenvalue weighted by Crippen LogP contribution is -2.29. The number of benzene rings is 1. The van der Waals surface area contributed by atoms with Gasteiger partial charge in [0.05, 0.1) is 5.52 Å². The van der Waals surface area contributed by atoms with Gasteiger partial charge in [-0.2, -0.15) is 0 Å². The number of nitrogens with zero attached hydrogens (tertiary/aromatic N) is 1. The van der Waals surface area contributed by atoms with Gasteiger partial charge in [-0.3, -0.25) is 4.98 Å². The highest BCUT2D eigenvalue weighted by Gasteiger charge is 2.16. The van der Waals surface area contributed by atoms with E-state index in [2.05, 4.69) is 4.98 Å². The van der Waals surface area contributed by atoms with E-state index in [4.69, 9.17) is 10.0 Å². The second-order valence-corrected chi connectivity index (χ2v) is 2.98. The van der Waals surface area contributed by atoms with Gasteiger partial charge in [-0.05, 0) is 12.1 Å². The summed E-state index contributed by atoms with van der Waals surface area (Å²) in [7, 11) is -1.67. The first-order valence-electron chi connectivity index (χ1n) is 4.12. The van der Waals surface area contributed by atoms with Crippen LogP contribution < -0.4 is 5.46 Å². The van der Waals surface area contributed by atoms with Crippen LogP contribution in [0.2, 0.25) is 0 Å². The number of aromatic hydroxyl groups is 1. The third-order valence-electron chi connectivity index (χ3n) is 2.03. The fraction of sp³-hybridized carbons (Fsp3) is 0. The summed E-state index contributed by atoms with van der Waals surface area (Å²) in [6.07, 6.45) is 1.61. The summed E-state index contributed by atoms with van der Waals surface area (Å²) in [5.41, 5.74) is 0.708. The highest BCUT2D eigenvalue weighted by molar-refractivity contribution is 6.60. The zero-order chi connectivity index (χ0) is 10.1. The van der Waals surface area contributed by atoms with Gasteiger partial charge in [0.25, 0.3) is 0 Å². The van der Waals surface area contributed by atoms with Crippen molar-refractivity contribution in [2.24, 2.45) is 0 Å². The van der Waals surface area contributed by atoms with Crippen LogP contribution in [-0.4, -0.2) is 27.3 Å². The molecule has 0 aliphatic carbocycles. The molecular weight excluding hydrogens is 181 g/mol. The molecule has 0 amide bonds. The van der Waals surface area contributed by atoms with Crippen LogP contribution in [-0.2, 0) is 0 Å². The number of hydrogen-bond donors (Lipinski definition) is 3. The second-order valence-electron chi connectivity index (χ2n) is 2.98. The maximum Gasteiger partial charge on any atom is 0.492 e. The van der Waals surface area contributed by atoms with Crippen molar-refractivity contribution >= 4 is 23.5 Å². The van der Waals surface area contributed by atoms with Crippen molar-refractivity contribution in [3.63, 3.8) is 0 Å². The van der Waals surface area contributed by atoms with Crippen LogP contribution in [0, 0.1) is 0 Å². The molecule has 0 unspecified atom stereocenters. The van der Waals surface area contributed by atoms with Crippen molar-refractivity contribution in [2.45, 2.75) is 0 Å². The molecule has 2 aromatic rings. The third kappa shape index (κ3) is 1.43. The van der Waals surface area contributed by atoms with Gasteiger partial charge >= 0.3 is 7.12 Å². The Labute approximate surface area is 80.6 Å². The zero-order valence-electron chi connectivity index (χ0n) is 7.25. The van der Waals surface area contributed by atoms with Gasteiger partial charge in [0.1, 0.15) is 5.75 Å². The molecule has 0 aliphatic rings. The zero-order valence-corrected chi connectivity index (χ0v) is 7.25. The molecule has 0 spiro atoms. The molecule has 70 valence electrons. The minimum absolute atomic E-state index is 0.0884. The molecule has 0 bridgehead atoms. The molecule has 14 heavy (non-hydrogen) atoms. The first kappa shape index (κ1) is 8.99. The first-order valence-corrected chi connectivity index (χ1v) is 4.12. The molecule has 0 saturated carbocycles. The number of hydrogen-bond acceptors (Lipinski definition) is 4. The largest absolute Gasteiger partial charge is 0.508 e. The van der Waals surface area contributed by atoms with Gasteiger partial charge < -0.3 is 15.2 Å². The highest BCUT2D eigenvalue weighted by Crippen LogP contribution is 2.15. The molecule has 2 rings (SSSR count). The van der Waals surface area contributed by atoms with E-state index in [-0.39, 0.29) is 11.2 Å². The molecule has 1 aromatic carbocycles. The Hall–Kier alpha value is -1.59. The number of aromatic nitrogens is 1. The predicted octanol–water partition coefficient (Wildman–Crippen LogP) is -0.380. The van der Waals surface area contributed by atoms with Crippen LogP contribution in [0.3, 0.4) is 0 Å². The van der Waals surface area contributed by atoms with Crippen molar-refractivity contribution in [1.29, 1.82) is 0 Å². The van der Waals surface area contributed by atoms with Crippen molar-refractivity contribution < 1.29 is 15.2 Å². The lowest BCUT2D eigenvalue weighted by Gasteiger charge is -2.04. The SMILES string of the molecule is OB(O)c1cc2cccnc2cc1O. The quantitative estimate of drug-likeness (QED) is 0.534. The summed E-state index contributed by atoms with van der Waals surface area (Å²) in [6, 6.07) is 6.44. The molecule has 0 saturated heterocycles. The lowest BCUT2D eigenvalue weighted by molar-refractivity contribution is 0.420. The minimum Gasteiger partial charge on any atom is -0.508 e. The fourth-order valence-corrected chi connectivity index (χ4v) is 1.33. The van der Waals surface area contributed by atoms with Gasteiger partial charge in [-0.15, -0.1) is 0 Å². The molecule has 5 heteroatoms. The Balaban J connectivity index is 2.71. The van der Waals surface area contributed by atoms with Crippen LogP contribution >= 0.6 is 0 Å². The van der Waals surface area contributed by atoms with E-state index in [0.29, 0.717) is 5.52 Å². The summed E-state index contributed by atoms with van der Waals surface area (Å²) >= 11 is 0. The summed E-state index contributed by atoms with van der Waals surface area (Å²) in [5.74, 6) is -0.161. The Morgan fingerprint density at radius 1 is 1.21 bits per heavy atom. The van der Waals surface area contributed by atoms with E-state index < -0.39 is 7.12 Å². The number of phenols is 1. The van der Waals surface area contributed by atoms with E-state index in [1.165, 1.54) is 12.1 Å². The molecule has 1 heterocycles. The van der Waals surface area contributed by atoms with Crippen LogP contribution in [0.25, 0.3) is 10.9 Å². The number of fused-ring (bicyclic) bond motifs is 1. The van der Waals surface area contributed by atoms with Crippen molar-refractivity contribution in [3.8, 4) is 5.75 Å². The topological polar surface area (TPSA) is 73.6 Å². The molecule has 0 atom stereocenters. The van der Waals surface area contributed by atoms with E-state index >= 15 is 0 Å². The monoisotopic (exact) mass is 189 g/mol. The molecule has 0 aliphatic heterocycles. The number of phenolic OH excluding ortho intramolecular Hbond substituents is 1. The van der Waals surface area contributed by atoms with Gasteiger partial charge in [0, 0.05) is 23.1 Å². The molecule has 1 aromatic heterocycles. The Kier molecular flexibility index (Phi) is 2.11.